The summed E-state index contributed by atoms with van der Waals surface area (Å²) in [4.78, 5) is 4.60. The molecule has 0 aliphatic carbocycles. The average Bonchev–Trinajstić information content (AvgIpc) is 2.87. The highest BCUT2D eigenvalue weighted by Gasteiger charge is 2.18. The minimum atomic E-state index is 0.487. The fraction of sp³-hybridized carbons (Fsp3) is 0.727. The summed E-state index contributed by atoms with van der Waals surface area (Å²) in [5.41, 5.74) is 1.20. The number of ether oxygens (including phenoxy) is 1. The van der Waals surface area contributed by atoms with Crippen molar-refractivity contribution in [3.05, 3.63) is 16.1 Å². The zero-order chi connectivity index (χ0) is 10.5. The standard InChI is InChI=1S/C11H18N2OS/c1-2-6-14-7-11-13-10(8-15-11)9-4-3-5-12-9/h8-9,12H,2-7H2,1H3. The van der Waals surface area contributed by atoms with Crippen LogP contribution < -0.4 is 5.32 Å². The van der Waals surface area contributed by atoms with Gasteiger partial charge in [-0.15, -0.1) is 11.3 Å². The molecule has 1 N–H and O–H groups in total. The minimum absolute atomic E-state index is 0.487. The number of nitrogens with one attached hydrogen (secondary N) is 1. The second-order valence-corrected chi connectivity index (χ2v) is 4.81. The first-order chi connectivity index (χ1) is 7.40. The lowest BCUT2D eigenvalue weighted by Crippen LogP contribution is -2.13. The quantitative estimate of drug-likeness (QED) is 0.783. The number of nitrogens with zero attached hydrogens (tertiary/aromatic N) is 1. The Hall–Kier alpha value is -0.450. The van der Waals surface area contributed by atoms with Gasteiger partial charge in [0.1, 0.15) is 5.01 Å². The number of aromatic nitrogens is 1. The van der Waals surface area contributed by atoms with Crippen LogP contribution in [0.1, 0.15) is 42.9 Å². The van der Waals surface area contributed by atoms with Gasteiger partial charge in [-0.1, -0.05) is 6.92 Å². The van der Waals surface area contributed by atoms with Crippen molar-refractivity contribution in [2.45, 2.75) is 38.8 Å². The lowest BCUT2D eigenvalue weighted by atomic mass is 10.2. The maximum atomic E-state index is 5.47. The number of hydrogen-bond donors (Lipinski definition) is 1. The van der Waals surface area contributed by atoms with Crippen molar-refractivity contribution in [2.75, 3.05) is 13.2 Å². The van der Waals surface area contributed by atoms with E-state index in [0.717, 1.165) is 24.6 Å². The molecule has 1 fully saturated rings. The summed E-state index contributed by atoms with van der Waals surface area (Å²) < 4.78 is 5.47. The van der Waals surface area contributed by atoms with Crippen LogP contribution in [0.2, 0.25) is 0 Å². The Labute approximate surface area is 94.9 Å². The first-order valence-corrected chi connectivity index (χ1v) is 6.53. The summed E-state index contributed by atoms with van der Waals surface area (Å²) >= 11 is 1.71. The van der Waals surface area contributed by atoms with Crippen LogP contribution in [-0.2, 0) is 11.3 Å². The predicted octanol–water partition coefficient (Wildman–Crippen LogP) is 2.49. The minimum Gasteiger partial charge on any atom is -0.374 e. The van der Waals surface area contributed by atoms with Gasteiger partial charge in [-0.05, 0) is 25.8 Å². The molecule has 1 unspecified atom stereocenters. The van der Waals surface area contributed by atoms with Crippen LogP contribution in [0, 0.1) is 0 Å². The molecule has 0 radical (unpaired) electrons. The third-order valence-corrected chi connectivity index (χ3v) is 3.40. The second-order valence-electron chi connectivity index (χ2n) is 3.87. The lowest BCUT2D eigenvalue weighted by Gasteiger charge is -2.05. The summed E-state index contributed by atoms with van der Waals surface area (Å²) in [6.45, 7) is 4.75. The normalized spacial score (nSPS) is 21.0. The SMILES string of the molecule is CCCOCc1nc(C2CCCN2)cs1. The van der Waals surface area contributed by atoms with Crippen LogP contribution in [0.5, 0.6) is 0 Å². The Balaban J connectivity index is 1.86. The third kappa shape index (κ3) is 3.00. The van der Waals surface area contributed by atoms with Gasteiger partial charge in [0.15, 0.2) is 0 Å². The molecule has 2 rings (SSSR count). The third-order valence-electron chi connectivity index (χ3n) is 2.56. The molecule has 0 amide bonds. The molecule has 1 aliphatic rings. The summed E-state index contributed by atoms with van der Waals surface area (Å²) in [6.07, 6.45) is 3.56. The van der Waals surface area contributed by atoms with Crippen LogP contribution in [0.4, 0.5) is 0 Å². The Bertz CT molecular complexity index is 295. The van der Waals surface area contributed by atoms with Gasteiger partial charge in [0.05, 0.1) is 18.3 Å². The van der Waals surface area contributed by atoms with E-state index < -0.39 is 0 Å². The Morgan fingerprint density at radius 3 is 3.33 bits per heavy atom. The van der Waals surface area contributed by atoms with Gasteiger partial charge in [0.25, 0.3) is 0 Å². The van der Waals surface area contributed by atoms with Crippen LogP contribution in [0.15, 0.2) is 5.38 Å². The van der Waals surface area contributed by atoms with Crippen molar-refractivity contribution in [1.29, 1.82) is 0 Å². The molecule has 1 aliphatic heterocycles. The van der Waals surface area contributed by atoms with Gasteiger partial charge in [-0.2, -0.15) is 0 Å². The van der Waals surface area contributed by atoms with Crippen molar-refractivity contribution in [1.82, 2.24) is 10.3 Å². The van der Waals surface area contributed by atoms with E-state index in [1.54, 1.807) is 11.3 Å². The van der Waals surface area contributed by atoms with E-state index in [2.05, 4.69) is 22.6 Å². The van der Waals surface area contributed by atoms with Gasteiger partial charge in [-0.3, -0.25) is 0 Å². The van der Waals surface area contributed by atoms with Crippen LogP contribution >= 0.6 is 11.3 Å². The molecule has 4 heteroatoms. The molecule has 15 heavy (non-hydrogen) atoms. The second kappa shape index (κ2) is 5.58. The Morgan fingerprint density at radius 1 is 1.67 bits per heavy atom. The molecule has 1 atom stereocenters. The van der Waals surface area contributed by atoms with Crippen LogP contribution in [0.25, 0.3) is 0 Å². The molecular formula is C11H18N2OS. The Morgan fingerprint density at radius 2 is 2.60 bits per heavy atom. The van der Waals surface area contributed by atoms with E-state index in [-0.39, 0.29) is 0 Å². The van der Waals surface area contributed by atoms with Gasteiger partial charge in [0.2, 0.25) is 0 Å². The molecule has 0 bridgehead atoms. The van der Waals surface area contributed by atoms with E-state index in [1.165, 1.54) is 18.5 Å². The van der Waals surface area contributed by atoms with E-state index in [4.69, 9.17) is 4.74 Å². The van der Waals surface area contributed by atoms with E-state index in [9.17, 15) is 0 Å². The highest BCUT2D eigenvalue weighted by Crippen LogP contribution is 2.24. The molecule has 0 spiro atoms. The van der Waals surface area contributed by atoms with Crippen molar-refractivity contribution in [2.24, 2.45) is 0 Å². The van der Waals surface area contributed by atoms with Crippen molar-refractivity contribution in [3.8, 4) is 0 Å². The molecule has 3 nitrogen and oxygen atoms in total. The average molecular weight is 226 g/mol. The van der Waals surface area contributed by atoms with Gasteiger partial charge >= 0.3 is 0 Å². The first-order valence-electron chi connectivity index (χ1n) is 5.65. The zero-order valence-corrected chi connectivity index (χ0v) is 9.98. The molecule has 0 aromatic carbocycles. The van der Waals surface area contributed by atoms with Gasteiger partial charge < -0.3 is 10.1 Å². The highest BCUT2D eigenvalue weighted by molar-refractivity contribution is 7.09. The van der Waals surface area contributed by atoms with E-state index in [1.807, 2.05) is 0 Å². The first kappa shape index (κ1) is 11.0. The molecule has 1 saturated heterocycles. The highest BCUT2D eigenvalue weighted by atomic mass is 32.1. The summed E-state index contributed by atoms with van der Waals surface area (Å²) in [7, 11) is 0. The van der Waals surface area contributed by atoms with E-state index >= 15 is 0 Å². The molecule has 2 heterocycles. The smallest absolute Gasteiger partial charge is 0.119 e. The summed E-state index contributed by atoms with van der Waals surface area (Å²) in [5.74, 6) is 0. The maximum Gasteiger partial charge on any atom is 0.119 e. The molecule has 1 aromatic rings. The maximum absolute atomic E-state index is 5.47. The fourth-order valence-corrected chi connectivity index (χ4v) is 2.58. The fourth-order valence-electron chi connectivity index (χ4n) is 1.79. The summed E-state index contributed by atoms with van der Waals surface area (Å²) in [6, 6.07) is 0.487. The lowest BCUT2D eigenvalue weighted by molar-refractivity contribution is 0.121. The van der Waals surface area contributed by atoms with Crippen LogP contribution in [-0.4, -0.2) is 18.1 Å². The topological polar surface area (TPSA) is 34.1 Å². The van der Waals surface area contributed by atoms with Gasteiger partial charge in [-0.25, -0.2) is 4.98 Å². The largest absolute Gasteiger partial charge is 0.374 e. The monoisotopic (exact) mass is 226 g/mol. The molecule has 84 valence electrons. The number of thiazole rings is 1. The number of rotatable bonds is 5. The van der Waals surface area contributed by atoms with E-state index in [0.29, 0.717) is 12.6 Å². The number of hydrogen-bond acceptors (Lipinski definition) is 4. The zero-order valence-electron chi connectivity index (χ0n) is 9.16. The van der Waals surface area contributed by atoms with Crippen molar-refractivity contribution < 1.29 is 4.74 Å². The molecule has 1 aromatic heterocycles. The molecular weight excluding hydrogens is 208 g/mol. The summed E-state index contributed by atoms with van der Waals surface area (Å²) in [5, 5.41) is 6.72. The Kier molecular flexibility index (Phi) is 4.11. The molecule has 0 saturated carbocycles. The van der Waals surface area contributed by atoms with Crippen LogP contribution in [0.3, 0.4) is 0 Å². The van der Waals surface area contributed by atoms with Crippen molar-refractivity contribution in [3.63, 3.8) is 0 Å². The van der Waals surface area contributed by atoms with Gasteiger partial charge in [0, 0.05) is 12.0 Å². The predicted molar refractivity (Wildman–Crippen MR) is 62.0 cm³/mol. The van der Waals surface area contributed by atoms with Crippen molar-refractivity contribution >= 4 is 11.3 Å².